The molecule has 2 aromatic heterocycles. The largest absolute Gasteiger partial charge is 0.462 e. The number of aromatic nitrogens is 2. The smallest absolute Gasteiger partial charge is 0.416 e. The Kier molecular flexibility index (Phi) is 5.55. The van der Waals surface area contributed by atoms with Crippen LogP contribution in [0.3, 0.4) is 0 Å². The number of hydrogen-bond donors (Lipinski definition) is 2. The predicted octanol–water partition coefficient (Wildman–Crippen LogP) is 3.00. The lowest BCUT2D eigenvalue weighted by atomic mass is 9.99. The topological polar surface area (TPSA) is 86.1 Å². The molecular formula is C19H19F3N4O2. The van der Waals surface area contributed by atoms with Crippen LogP contribution in [0.4, 0.5) is 13.2 Å². The molecule has 0 saturated heterocycles. The summed E-state index contributed by atoms with van der Waals surface area (Å²) in [5, 5.41) is 6.70. The van der Waals surface area contributed by atoms with Gasteiger partial charge in [-0.05, 0) is 30.2 Å². The molecule has 148 valence electrons. The maximum absolute atomic E-state index is 13.2. The molecule has 0 fully saturated rings. The first-order valence-electron chi connectivity index (χ1n) is 8.52. The summed E-state index contributed by atoms with van der Waals surface area (Å²) in [5.41, 5.74) is 5.96. The zero-order valence-corrected chi connectivity index (χ0v) is 15.0. The van der Waals surface area contributed by atoms with Gasteiger partial charge in [0.2, 0.25) is 0 Å². The minimum Gasteiger partial charge on any atom is -0.462 e. The van der Waals surface area contributed by atoms with E-state index in [1.54, 1.807) is 30.1 Å². The number of halogens is 3. The molecule has 0 aliphatic carbocycles. The van der Waals surface area contributed by atoms with Crippen LogP contribution in [0.1, 0.15) is 21.5 Å². The van der Waals surface area contributed by atoms with Crippen LogP contribution in [0.2, 0.25) is 0 Å². The van der Waals surface area contributed by atoms with E-state index in [9.17, 15) is 18.0 Å². The average molecular weight is 392 g/mol. The Balaban J connectivity index is 1.73. The Morgan fingerprint density at radius 1 is 1.32 bits per heavy atom. The SMILES string of the molecule is Cn1nccc1-c1cc(C(=O)N[C@H](CN)Cc2ccccc2C(F)(F)F)co1. The average Bonchev–Trinajstić information content (AvgIpc) is 3.29. The van der Waals surface area contributed by atoms with Gasteiger partial charge < -0.3 is 15.5 Å². The summed E-state index contributed by atoms with van der Waals surface area (Å²) < 4.78 is 46.5. The number of hydrogen-bond acceptors (Lipinski definition) is 4. The number of carbonyl (C=O) groups is 1. The Hall–Kier alpha value is -3.07. The molecule has 1 atom stereocenters. The Labute approximate surface area is 159 Å². The minimum absolute atomic E-state index is 0.00955. The van der Waals surface area contributed by atoms with Gasteiger partial charge in [-0.3, -0.25) is 9.48 Å². The highest BCUT2D eigenvalue weighted by Crippen LogP contribution is 2.32. The van der Waals surface area contributed by atoms with Gasteiger partial charge in [0.15, 0.2) is 5.76 Å². The maximum atomic E-state index is 13.2. The molecule has 1 aromatic carbocycles. The Morgan fingerprint density at radius 3 is 2.71 bits per heavy atom. The van der Waals surface area contributed by atoms with Gasteiger partial charge in [-0.2, -0.15) is 18.3 Å². The molecule has 0 radical (unpaired) electrons. The van der Waals surface area contributed by atoms with E-state index in [0.717, 1.165) is 6.07 Å². The number of amides is 1. The van der Waals surface area contributed by atoms with E-state index in [4.69, 9.17) is 10.2 Å². The van der Waals surface area contributed by atoms with E-state index < -0.39 is 23.7 Å². The molecule has 6 nitrogen and oxygen atoms in total. The lowest BCUT2D eigenvalue weighted by Crippen LogP contribution is -2.41. The Bertz CT molecular complexity index is 962. The molecule has 3 rings (SSSR count). The van der Waals surface area contributed by atoms with Crippen LogP contribution in [0.15, 0.2) is 53.3 Å². The standard InChI is InChI=1S/C19H19F3N4O2/c1-26-16(6-7-24-26)17-9-13(11-28-17)18(27)25-14(10-23)8-12-4-2-3-5-15(12)19(20,21)22/h2-7,9,11,14H,8,10,23H2,1H3,(H,25,27)/t14-/m0/s1. The zero-order valence-electron chi connectivity index (χ0n) is 15.0. The van der Waals surface area contributed by atoms with Gasteiger partial charge in [-0.15, -0.1) is 0 Å². The van der Waals surface area contributed by atoms with E-state index in [1.807, 2.05) is 0 Å². The zero-order chi connectivity index (χ0) is 20.3. The van der Waals surface area contributed by atoms with E-state index in [0.29, 0.717) is 11.5 Å². The summed E-state index contributed by atoms with van der Waals surface area (Å²) in [5.74, 6) is -0.0195. The van der Waals surface area contributed by atoms with E-state index in [2.05, 4.69) is 10.4 Å². The summed E-state index contributed by atoms with van der Waals surface area (Å²) in [7, 11) is 1.74. The van der Waals surface area contributed by atoms with Crippen LogP contribution in [-0.4, -0.2) is 28.3 Å². The highest BCUT2D eigenvalue weighted by atomic mass is 19.4. The van der Waals surface area contributed by atoms with Crippen molar-refractivity contribution in [2.24, 2.45) is 12.8 Å². The van der Waals surface area contributed by atoms with Crippen molar-refractivity contribution in [3.63, 3.8) is 0 Å². The van der Waals surface area contributed by atoms with Crippen molar-refractivity contribution in [3.05, 3.63) is 65.5 Å². The van der Waals surface area contributed by atoms with Crippen LogP contribution in [-0.2, 0) is 19.6 Å². The normalized spacial score (nSPS) is 12.8. The monoisotopic (exact) mass is 392 g/mol. The molecule has 9 heteroatoms. The van der Waals surface area contributed by atoms with Crippen molar-refractivity contribution in [2.75, 3.05) is 6.54 Å². The fourth-order valence-corrected chi connectivity index (χ4v) is 2.91. The molecule has 0 aliphatic rings. The van der Waals surface area contributed by atoms with Gasteiger partial charge in [0.1, 0.15) is 12.0 Å². The highest BCUT2D eigenvalue weighted by Gasteiger charge is 2.33. The number of furan rings is 1. The highest BCUT2D eigenvalue weighted by molar-refractivity contribution is 5.95. The number of alkyl halides is 3. The van der Waals surface area contributed by atoms with Crippen molar-refractivity contribution in [1.82, 2.24) is 15.1 Å². The van der Waals surface area contributed by atoms with Crippen LogP contribution < -0.4 is 11.1 Å². The fraction of sp³-hybridized carbons (Fsp3) is 0.263. The summed E-state index contributed by atoms with van der Waals surface area (Å²) in [4.78, 5) is 12.5. The number of aryl methyl sites for hydroxylation is 1. The number of rotatable bonds is 6. The molecule has 0 unspecified atom stereocenters. The second kappa shape index (κ2) is 7.89. The number of nitrogens with one attached hydrogen (secondary N) is 1. The lowest BCUT2D eigenvalue weighted by molar-refractivity contribution is -0.138. The maximum Gasteiger partial charge on any atom is 0.416 e. The molecule has 3 N–H and O–H groups in total. The molecule has 2 heterocycles. The molecule has 0 spiro atoms. The number of nitrogens with zero attached hydrogens (tertiary/aromatic N) is 2. The molecule has 0 saturated carbocycles. The van der Waals surface area contributed by atoms with Crippen LogP contribution >= 0.6 is 0 Å². The van der Waals surface area contributed by atoms with Gasteiger partial charge in [0.25, 0.3) is 5.91 Å². The molecule has 28 heavy (non-hydrogen) atoms. The van der Waals surface area contributed by atoms with Gasteiger partial charge in [-0.1, -0.05) is 18.2 Å². The first-order valence-corrected chi connectivity index (χ1v) is 8.52. The third-order valence-corrected chi connectivity index (χ3v) is 4.34. The minimum atomic E-state index is -4.47. The van der Waals surface area contributed by atoms with E-state index >= 15 is 0 Å². The molecule has 0 aliphatic heterocycles. The third kappa shape index (κ3) is 4.25. The van der Waals surface area contributed by atoms with Gasteiger partial charge in [0, 0.05) is 25.8 Å². The number of nitrogens with two attached hydrogens (primary N) is 1. The number of benzene rings is 1. The molecular weight excluding hydrogens is 373 g/mol. The summed E-state index contributed by atoms with van der Waals surface area (Å²) in [6.07, 6.45) is -1.62. The summed E-state index contributed by atoms with van der Waals surface area (Å²) in [6, 6.07) is 7.87. The first-order chi connectivity index (χ1) is 13.3. The van der Waals surface area contributed by atoms with Crippen molar-refractivity contribution < 1.29 is 22.4 Å². The molecule has 1 amide bonds. The van der Waals surface area contributed by atoms with Crippen molar-refractivity contribution >= 4 is 5.91 Å². The first kappa shape index (κ1) is 19.7. The van der Waals surface area contributed by atoms with Gasteiger partial charge >= 0.3 is 6.18 Å². The number of carbonyl (C=O) groups excluding carboxylic acids is 1. The van der Waals surface area contributed by atoms with Crippen molar-refractivity contribution in [2.45, 2.75) is 18.6 Å². The lowest BCUT2D eigenvalue weighted by Gasteiger charge is -2.19. The third-order valence-electron chi connectivity index (χ3n) is 4.34. The van der Waals surface area contributed by atoms with Crippen molar-refractivity contribution in [1.29, 1.82) is 0 Å². The quantitative estimate of drug-likeness (QED) is 0.675. The molecule has 0 bridgehead atoms. The predicted molar refractivity (Wildman–Crippen MR) is 96.4 cm³/mol. The van der Waals surface area contributed by atoms with E-state index in [1.165, 1.54) is 24.5 Å². The summed E-state index contributed by atoms with van der Waals surface area (Å²) >= 11 is 0. The summed E-state index contributed by atoms with van der Waals surface area (Å²) in [6.45, 7) is -0.00955. The van der Waals surface area contributed by atoms with Crippen molar-refractivity contribution in [3.8, 4) is 11.5 Å². The van der Waals surface area contributed by atoms with Gasteiger partial charge in [0.05, 0.1) is 11.1 Å². The molecule has 3 aromatic rings. The Morgan fingerprint density at radius 2 is 2.07 bits per heavy atom. The van der Waals surface area contributed by atoms with Crippen LogP contribution in [0, 0.1) is 0 Å². The van der Waals surface area contributed by atoms with E-state index in [-0.39, 0.29) is 24.1 Å². The van der Waals surface area contributed by atoms with Gasteiger partial charge in [-0.25, -0.2) is 0 Å². The second-order valence-corrected chi connectivity index (χ2v) is 6.30. The van der Waals surface area contributed by atoms with Crippen LogP contribution in [0.5, 0.6) is 0 Å². The second-order valence-electron chi connectivity index (χ2n) is 6.30. The fourth-order valence-electron chi connectivity index (χ4n) is 2.91. The van der Waals surface area contributed by atoms with Crippen LogP contribution in [0.25, 0.3) is 11.5 Å².